The molecule has 0 atom stereocenters. The van der Waals surface area contributed by atoms with E-state index in [4.69, 9.17) is 0 Å². The van der Waals surface area contributed by atoms with Gasteiger partial charge in [-0.1, -0.05) is 13.3 Å². The Labute approximate surface area is 98.4 Å². The molecule has 16 heavy (non-hydrogen) atoms. The van der Waals surface area contributed by atoms with Crippen LogP contribution in [0.2, 0.25) is 0 Å². The molecule has 0 radical (unpaired) electrons. The fraction of sp³-hybridized carbons (Fsp3) is 1.00. The quantitative estimate of drug-likeness (QED) is 0.798. The summed E-state index contributed by atoms with van der Waals surface area (Å²) in [4.78, 5) is 0. The van der Waals surface area contributed by atoms with Gasteiger partial charge >= 0.3 is 0 Å². The molecule has 2 saturated heterocycles. The van der Waals surface area contributed by atoms with Crippen molar-refractivity contribution in [2.45, 2.75) is 32.6 Å². The van der Waals surface area contributed by atoms with Gasteiger partial charge in [0.2, 0.25) is 10.0 Å². The van der Waals surface area contributed by atoms with Crippen molar-refractivity contribution in [3.05, 3.63) is 0 Å². The van der Waals surface area contributed by atoms with E-state index in [9.17, 15) is 8.42 Å². The lowest BCUT2D eigenvalue weighted by atomic mass is 9.74. The van der Waals surface area contributed by atoms with Crippen molar-refractivity contribution in [3.63, 3.8) is 0 Å². The van der Waals surface area contributed by atoms with E-state index in [1.165, 1.54) is 0 Å². The highest BCUT2D eigenvalue weighted by Crippen LogP contribution is 2.40. The van der Waals surface area contributed by atoms with Gasteiger partial charge in [-0.05, 0) is 32.4 Å². The molecule has 5 heteroatoms. The Balaban J connectivity index is 1.87. The molecule has 94 valence electrons. The van der Waals surface area contributed by atoms with Gasteiger partial charge in [-0.15, -0.1) is 0 Å². The summed E-state index contributed by atoms with van der Waals surface area (Å²) in [6.45, 7) is 5.65. The van der Waals surface area contributed by atoms with Crippen LogP contribution >= 0.6 is 0 Å². The molecule has 0 aromatic rings. The van der Waals surface area contributed by atoms with Crippen molar-refractivity contribution in [2.75, 3.05) is 31.9 Å². The molecule has 0 unspecified atom stereocenters. The number of hydrogen-bond donors (Lipinski definition) is 1. The maximum absolute atomic E-state index is 11.9. The summed E-state index contributed by atoms with van der Waals surface area (Å²) in [6.07, 6.45) is 4.00. The number of piperidine rings is 1. The first-order chi connectivity index (χ1) is 7.58. The van der Waals surface area contributed by atoms with Gasteiger partial charge in [0.1, 0.15) is 0 Å². The molecule has 0 saturated carbocycles. The molecule has 1 spiro atoms. The second-order valence-electron chi connectivity index (χ2n) is 5.19. The van der Waals surface area contributed by atoms with Gasteiger partial charge in [-0.2, -0.15) is 0 Å². The lowest BCUT2D eigenvalue weighted by Gasteiger charge is -2.51. The third-order valence-electron chi connectivity index (χ3n) is 3.84. The molecule has 0 aliphatic carbocycles. The fourth-order valence-electron chi connectivity index (χ4n) is 2.63. The lowest BCUT2D eigenvalue weighted by molar-refractivity contribution is 0.0373. The van der Waals surface area contributed by atoms with Crippen molar-refractivity contribution in [3.8, 4) is 0 Å². The van der Waals surface area contributed by atoms with Crippen molar-refractivity contribution in [1.82, 2.24) is 9.62 Å². The van der Waals surface area contributed by atoms with E-state index >= 15 is 0 Å². The highest BCUT2D eigenvalue weighted by atomic mass is 32.2. The molecule has 2 aliphatic heterocycles. The predicted octanol–water partition coefficient (Wildman–Crippen LogP) is 0.802. The van der Waals surface area contributed by atoms with Crippen LogP contribution in [-0.4, -0.2) is 44.7 Å². The molecular weight excluding hydrogens is 224 g/mol. The van der Waals surface area contributed by atoms with Gasteiger partial charge in [0.25, 0.3) is 0 Å². The first-order valence-corrected chi connectivity index (χ1v) is 7.87. The molecule has 0 amide bonds. The van der Waals surface area contributed by atoms with Gasteiger partial charge in [0.05, 0.1) is 5.75 Å². The second-order valence-corrected chi connectivity index (χ2v) is 7.28. The largest absolute Gasteiger partial charge is 0.317 e. The zero-order valence-corrected chi connectivity index (χ0v) is 10.9. The van der Waals surface area contributed by atoms with Crippen LogP contribution in [0.1, 0.15) is 32.6 Å². The van der Waals surface area contributed by atoms with E-state index in [0.717, 1.165) is 51.9 Å². The minimum Gasteiger partial charge on any atom is -0.317 e. The maximum atomic E-state index is 11.9. The van der Waals surface area contributed by atoms with Gasteiger partial charge in [-0.25, -0.2) is 12.7 Å². The molecule has 0 aromatic heterocycles. The number of unbranched alkanes of at least 4 members (excludes halogenated alkanes) is 1. The van der Waals surface area contributed by atoms with Crippen LogP contribution in [0.3, 0.4) is 0 Å². The average molecular weight is 246 g/mol. The highest BCUT2D eigenvalue weighted by molar-refractivity contribution is 7.89. The topological polar surface area (TPSA) is 49.4 Å². The van der Waals surface area contributed by atoms with Crippen LogP contribution < -0.4 is 5.32 Å². The monoisotopic (exact) mass is 246 g/mol. The standard InChI is InChI=1S/C11H22N2O2S/c1-2-3-8-16(14,15)13-9-11(10-13)4-6-12-7-5-11/h12H,2-10H2,1H3. The molecule has 1 N–H and O–H groups in total. The second kappa shape index (κ2) is 4.63. The molecule has 4 nitrogen and oxygen atoms in total. The minimum absolute atomic E-state index is 0.310. The summed E-state index contributed by atoms with van der Waals surface area (Å²) >= 11 is 0. The maximum Gasteiger partial charge on any atom is 0.214 e. The molecular formula is C11H22N2O2S. The Kier molecular flexibility index (Phi) is 3.56. The van der Waals surface area contributed by atoms with Crippen LogP contribution in [0.15, 0.2) is 0 Å². The van der Waals surface area contributed by atoms with Crippen molar-refractivity contribution in [2.24, 2.45) is 5.41 Å². The fourth-order valence-corrected chi connectivity index (χ4v) is 4.48. The average Bonchev–Trinajstić information content (AvgIpc) is 2.24. The molecule has 2 aliphatic rings. The lowest BCUT2D eigenvalue weighted by Crippen LogP contribution is -2.61. The number of nitrogens with zero attached hydrogens (tertiary/aromatic N) is 1. The normalized spacial score (nSPS) is 25.6. The minimum atomic E-state index is -2.95. The first-order valence-electron chi connectivity index (χ1n) is 6.27. The summed E-state index contributed by atoms with van der Waals surface area (Å²) in [7, 11) is -2.95. The van der Waals surface area contributed by atoms with Gasteiger partial charge < -0.3 is 5.32 Å². The molecule has 0 aromatic carbocycles. The zero-order chi connectivity index (χ0) is 11.6. The predicted molar refractivity (Wildman–Crippen MR) is 64.8 cm³/mol. The molecule has 0 bridgehead atoms. The Hall–Kier alpha value is -0.130. The summed E-state index contributed by atoms with van der Waals surface area (Å²) in [5.41, 5.74) is 0.310. The molecule has 2 heterocycles. The van der Waals surface area contributed by atoms with Crippen LogP contribution in [-0.2, 0) is 10.0 Å². The van der Waals surface area contributed by atoms with Crippen LogP contribution in [0.4, 0.5) is 0 Å². The van der Waals surface area contributed by atoms with Crippen LogP contribution in [0.25, 0.3) is 0 Å². The molecule has 2 fully saturated rings. The van der Waals surface area contributed by atoms with Gasteiger partial charge in [0.15, 0.2) is 0 Å². The van der Waals surface area contributed by atoms with Gasteiger partial charge in [-0.3, -0.25) is 0 Å². The van der Waals surface area contributed by atoms with E-state index in [-0.39, 0.29) is 0 Å². The Bertz CT molecular complexity index is 326. The summed E-state index contributed by atoms with van der Waals surface area (Å²) in [6, 6.07) is 0. The Morgan fingerprint density at radius 2 is 1.88 bits per heavy atom. The van der Waals surface area contributed by atoms with Crippen LogP contribution in [0.5, 0.6) is 0 Å². The number of nitrogens with one attached hydrogen (secondary N) is 1. The Morgan fingerprint density at radius 3 is 2.44 bits per heavy atom. The SMILES string of the molecule is CCCCS(=O)(=O)N1CC2(CCNCC2)C1. The summed E-state index contributed by atoms with van der Waals surface area (Å²) in [5.74, 6) is 0.331. The third-order valence-corrected chi connectivity index (χ3v) is 5.69. The van der Waals surface area contributed by atoms with E-state index < -0.39 is 10.0 Å². The van der Waals surface area contributed by atoms with E-state index in [2.05, 4.69) is 5.32 Å². The van der Waals surface area contributed by atoms with Crippen molar-refractivity contribution >= 4 is 10.0 Å². The van der Waals surface area contributed by atoms with Crippen LogP contribution in [0, 0.1) is 5.41 Å². The van der Waals surface area contributed by atoms with E-state index in [0.29, 0.717) is 11.2 Å². The highest BCUT2D eigenvalue weighted by Gasteiger charge is 2.47. The first kappa shape index (κ1) is 12.3. The zero-order valence-electron chi connectivity index (χ0n) is 10.0. The van der Waals surface area contributed by atoms with Crippen molar-refractivity contribution in [1.29, 1.82) is 0 Å². The summed E-state index contributed by atoms with van der Waals surface area (Å²) < 4.78 is 25.5. The van der Waals surface area contributed by atoms with E-state index in [1.54, 1.807) is 4.31 Å². The smallest absolute Gasteiger partial charge is 0.214 e. The number of rotatable bonds is 4. The van der Waals surface area contributed by atoms with E-state index in [1.807, 2.05) is 6.92 Å². The Morgan fingerprint density at radius 1 is 1.25 bits per heavy atom. The summed E-state index contributed by atoms with van der Waals surface area (Å²) in [5, 5.41) is 3.33. The molecule has 2 rings (SSSR count). The third kappa shape index (κ3) is 2.41. The number of sulfonamides is 1. The van der Waals surface area contributed by atoms with Crippen molar-refractivity contribution < 1.29 is 8.42 Å². The van der Waals surface area contributed by atoms with Gasteiger partial charge in [0, 0.05) is 18.5 Å². The number of hydrogen-bond acceptors (Lipinski definition) is 3.